The number of rotatable bonds is 8. The number of likely N-dealkylation sites (N-methyl/N-ethyl adjacent to an activating group) is 1. The van der Waals surface area contributed by atoms with Crippen molar-refractivity contribution in [2.24, 2.45) is 11.8 Å². The molecule has 1 fully saturated rings. The summed E-state index contributed by atoms with van der Waals surface area (Å²) in [7, 11) is 7.40. The normalized spacial score (nSPS) is 22.4. The zero-order chi connectivity index (χ0) is 25.4. The fourth-order valence-corrected chi connectivity index (χ4v) is 4.98. The lowest BCUT2D eigenvalue weighted by atomic mass is 9.98. The van der Waals surface area contributed by atoms with Crippen LogP contribution in [-0.2, 0) is 4.74 Å². The Morgan fingerprint density at radius 2 is 1.92 bits per heavy atom. The molecule has 5 rings (SSSR count). The highest BCUT2D eigenvalue weighted by atomic mass is 35.5. The first-order valence-corrected chi connectivity index (χ1v) is 12.4. The lowest BCUT2D eigenvalue weighted by Crippen LogP contribution is -2.42. The second-order valence-electron chi connectivity index (χ2n) is 9.80. The van der Waals surface area contributed by atoms with E-state index in [0.717, 1.165) is 24.3 Å². The molecule has 0 saturated heterocycles. The molecule has 2 N–H and O–H groups in total. The largest absolute Gasteiger partial charge is 0.492 e. The molecular formula is C26H31ClN6O3. The Kier molecular flexibility index (Phi) is 6.77. The van der Waals surface area contributed by atoms with Crippen molar-refractivity contribution < 1.29 is 14.3 Å². The number of hydrogen-bond donors (Lipinski definition) is 2. The molecule has 190 valence electrons. The molecule has 2 aliphatic rings. The molecule has 36 heavy (non-hydrogen) atoms. The van der Waals surface area contributed by atoms with Crippen molar-refractivity contribution >= 4 is 34.5 Å². The van der Waals surface area contributed by atoms with E-state index in [2.05, 4.69) is 32.3 Å². The van der Waals surface area contributed by atoms with Crippen molar-refractivity contribution in [1.29, 1.82) is 0 Å². The van der Waals surface area contributed by atoms with Crippen molar-refractivity contribution in [3.63, 3.8) is 0 Å². The van der Waals surface area contributed by atoms with Crippen molar-refractivity contribution in [2.75, 3.05) is 46.7 Å². The molecule has 2 bridgehead atoms. The molecule has 3 aromatic rings. The number of benzene rings is 1. The van der Waals surface area contributed by atoms with Crippen molar-refractivity contribution in [1.82, 2.24) is 24.8 Å². The highest BCUT2D eigenvalue weighted by molar-refractivity contribution is 6.34. The monoisotopic (exact) mass is 510 g/mol. The van der Waals surface area contributed by atoms with E-state index in [1.807, 2.05) is 38.4 Å². The summed E-state index contributed by atoms with van der Waals surface area (Å²) in [5.74, 6) is 1.92. The van der Waals surface area contributed by atoms with Crippen LogP contribution in [0.1, 0.15) is 6.42 Å². The average molecular weight is 511 g/mol. The first-order valence-electron chi connectivity index (χ1n) is 12.0. The van der Waals surface area contributed by atoms with Gasteiger partial charge in [-0.25, -0.2) is 14.8 Å². The molecule has 1 aromatic carbocycles. The minimum atomic E-state index is -0.350. The Bertz CT molecular complexity index is 1270. The summed E-state index contributed by atoms with van der Waals surface area (Å²) in [6, 6.07) is 7.70. The van der Waals surface area contributed by atoms with Crippen LogP contribution in [0.4, 0.5) is 10.5 Å². The molecule has 2 heterocycles. The van der Waals surface area contributed by atoms with E-state index in [9.17, 15) is 4.79 Å². The number of pyridine rings is 1. The molecule has 1 amide bonds. The highest BCUT2D eigenvalue weighted by Crippen LogP contribution is 2.44. The molecule has 2 aromatic heterocycles. The Morgan fingerprint density at radius 3 is 2.64 bits per heavy atom. The van der Waals surface area contributed by atoms with Crippen LogP contribution < -0.4 is 10.1 Å². The van der Waals surface area contributed by atoms with Gasteiger partial charge in [-0.15, -0.1) is 0 Å². The van der Waals surface area contributed by atoms with Crippen LogP contribution in [0.15, 0.2) is 42.6 Å². The van der Waals surface area contributed by atoms with Gasteiger partial charge in [0.15, 0.2) is 5.65 Å². The number of aromatic nitrogens is 3. The van der Waals surface area contributed by atoms with Gasteiger partial charge in [0.25, 0.3) is 0 Å². The van der Waals surface area contributed by atoms with Crippen LogP contribution in [0.5, 0.6) is 5.75 Å². The van der Waals surface area contributed by atoms with Crippen LogP contribution >= 0.6 is 11.6 Å². The summed E-state index contributed by atoms with van der Waals surface area (Å²) in [5, 5.41) is 4.05. The van der Waals surface area contributed by atoms with E-state index >= 15 is 0 Å². The van der Waals surface area contributed by atoms with Gasteiger partial charge in [0.05, 0.1) is 22.9 Å². The van der Waals surface area contributed by atoms with Gasteiger partial charge in [-0.2, -0.15) is 0 Å². The summed E-state index contributed by atoms with van der Waals surface area (Å²) >= 11 is 6.61. The van der Waals surface area contributed by atoms with Gasteiger partial charge in [0.2, 0.25) is 0 Å². The summed E-state index contributed by atoms with van der Waals surface area (Å²) in [5.41, 5.74) is 2.90. The molecule has 0 radical (unpaired) electrons. The maximum absolute atomic E-state index is 12.3. The van der Waals surface area contributed by atoms with Crippen molar-refractivity contribution in [2.45, 2.75) is 18.6 Å². The van der Waals surface area contributed by atoms with E-state index in [1.54, 1.807) is 20.3 Å². The molecule has 0 unspecified atom stereocenters. The molecule has 0 spiro atoms. The highest BCUT2D eigenvalue weighted by Gasteiger charge is 2.47. The number of H-pyrrole nitrogens is 1. The Hall–Kier alpha value is -3.30. The third-order valence-electron chi connectivity index (χ3n) is 6.71. The second-order valence-corrected chi connectivity index (χ2v) is 10.2. The van der Waals surface area contributed by atoms with Crippen LogP contribution in [0.2, 0.25) is 5.02 Å². The predicted octanol–water partition coefficient (Wildman–Crippen LogP) is 4.27. The SMILES string of the molecule is CN(C)CCOc1ccc(-c2nc3ncc(Cl)c(N[C@H]4[C@@H](OC(=O)N(C)C)[C@@H]5C=C[C@H]4C5)c3[nH]2)cc1. The zero-order valence-electron chi connectivity index (χ0n) is 20.9. The summed E-state index contributed by atoms with van der Waals surface area (Å²) in [6.45, 7) is 1.47. The molecular weight excluding hydrogens is 480 g/mol. The molecule has 0 aliphatic heterocycles. The Balaban J connectivity index is 1.38. The number of ether oxygens (including phenoxy) is 2. The number of anilines is 1. The molecule has 2 aliphatic carbocycles. The fourth-order valence-electron chi connectivity index (χ4n) is 4.78. The number of hydrogen-bond acceptors (Lipinski definition) is 7. The number of fused-ring (bicyclic) bond motifs is 3. The molecule has 9 nitrogen and oxygen atoms in total. The minimum absolute atomic E-state index is 0.0997. The number of nitrogens with one attached hydrogen (secondary N) is 2. The Morgan fingerprint density at radius 1 is 1.17 bits per heavy atom. The third kappa shape index (κ3) is 4.85. The fraction of sp³-hybridized carbons (Fsp3) is 0.423. The molecule has 4 atom stereocenters. The first-order chi connectivity index (χ1) is 17.3. The van der Waals surface area contributed by atoms with Gasteiger partial charge in [-0.1, -0.05) is 23.8 Å². The van der Waals surface area contributed by atoms with Crippen LogP contribution in [0.25, 0.3) is 22.6 Å². The maximum atomic E-state index is 12.3. The smallest absolute Gasteiger partial charge is 0.409 e. The van der Waals surface area contributed by atoms with Gasteiger partial charge in [-0.05, 0) is 44.8 Å². The van der Waals surface area contributed by atoms with Crippen molar-refractivity contribution in [3.8, 4) is 17.1 Å². The maximum Gasteiger partial charge on any atom is 0.409 e. The number of amides is 1. The summed E-state index contributed by atoms with van der Waals surface area (Å²) < 4.78 is 11.6. The molecule has 1 saturated carbocycles. The van der Waals surface area contributed by atoms with Crippen LogP contribution in [0.3, 0.4) is 0 Å². The number of imidazole rings is 1. The van der Waals surface area contributed by atoms with E-state index in [1.165, 1.54) is 4.90 Å². The number of carbonyl (C=O) groups excluding carboxylic acids is 1. The van der Waals surface area contributed by atoms with Gasteiger partial charge in [0.1, 0.15) is 29.8 Å². The van der Waals surface area contributed by atoms with E-state index < -0.39 is 0 Å². The topological polar surface area (TPSA) is 95.6 Å². The van der Waals surface area contributed by atoms with Gasteiger partial charge >= 0.3 is 6.09 Å². The Labute approximate surface area is 215 Å². The standard InChI is InChI=1S/C26H31ClN6O3/c1-32(2)11-12-35-18-9-7-15(8-10-18)24-30-22-21(19(27)14-28-25(22)31-24)29-20-16-5-6-17(13-16)23(20)36-26(34)33(3)4/h5-10,14,16-17,20,23H,11-13H2,1-4H3,(H2,28,29,30,31)/t16-,17+,20+,23-/m0/s1. The van der Waals surface area contributed by atoms with Gasteiger partial charge in [-0.3, -0.25) is 0 Å². The average Bonchev–Trinajstić information content (AvgIpc) is 3.57. The third-order valence-corrected chi connectivity index (χ3v) is 7.00. The predicted molar refractivity (Wildman–Crippen MR) is 140 cm³/mol. The van der Waals surface area contributed by atoms with E-state index in [0.29, 0.717) is 34.3 Å². The van der Waals surface area contributed by atoms with Crippen LogP contribution in [-0.4, -0.2) is 84.3 Å². The number of aromatic amines is 1. The first kappa shape index (κ1) is 24.4. The van der Waals surface area contributed by atoms with Gasteiger partial charge in [0, 0.05) is 38.0 Å². The lowest BCUT2D eigenvalue weighted by molar-refractivity contribution is 0.0574. The van der Waals surface area contributed by atoms with E-state index in [4.69, 9.17) is 26.1 Å². The lowest BCUT2D eigenvalue weighted by Gasteiger charge is -2.30. The van der Waals surface area contributed by atoms with Crippen LogP contribution in [0, 0.1) is 11.8 Å². The number of nitrogens with zero attached hydrogens (tertiary/aromatic N) is 4. The zero-order valence-corrected chi connectivity index (χ0v) is 21.6. The van der Waals surface area contributed by atoms with Gasteiger partial charge < -0.3 is 29.6 Å². The summed E-state index contributed by atoms with van der Waals surface area (Å²) in [6.07, 6.45) is 6.24. The molecule has 10 heteroatoms. The quantitative estimate of drug-likeness (QED) is 0.437. The second kappa shape index (κ2) is 9.99. The number of carbonyl (C=O) groups is 1. The number of halogens is 1. The summed E-state index contributed by atoms with van der Waals surface area (Å²) in [4.78, 5) is 28.3. The minimum Gasteiger partial charge on any atom is -0.492 e. The van der Waals surface area contributed by atoms with Crippen molar-refractivity contribution in [3.05, 3.63) is 47.6 Å². The van der Waals surface area contributed by atoms with E-state index in [-0.39, 0.29) is 30.1 Å².